The Morgan fingerprint density at radius 3 is 2.64 bits per heavy atom. The molecule has 0 unspecified atom stereocenters. The predicted octanol–water partition coefficient (Wildman–Crippen LogP) is 2.81. The van der Waals surface area contributed by atoms with Crippen LogP contribution in [0.3, 0.4) is 0 Å². The molecule has 0 bridgehead atoms. The molecule has 0 aromatic heterocycles. The number of benzene rings is 1. The van der Waals surface area contributed by atoms with Gasteiger partial charge in [-0.05, 0) is 50.3 Å². The van der Waals surface area contributed by atoms with E-state index < -0.39 is 0 Å². The summed E-state index contributed by atoms with van der Waals surface area (Å²) in [5.41, 5.74) is 1.07. The molecule has 1 heterocycles. The number of amides is 1. The van der Waals surface area contributed by atoms with Gasteiger partial charge in [0.25, 0.3) is 0 Å². The third-order valence-corrected chi connectivity index (χ3v) is 4.84. The Hall–Kier alpha value is -1.30. The molecule has 2 fully saturated rings. The first-order valence-electron chi connectivity index (χ1n) is 9.10. The Morgan fingerprint density at radius 1 is 1.24 bits per heavy atom. The van der Waals surface area contributed by atoms with Crippen LogP contribution < -0.4 is 15.4 Å². The van der Waals surface area contributed by atoms with Crippen LogP contribution in [0.1, 0.15) is 44.6 Å². The van der Waals surface area contributed by atoms with Crippen LogP contribution in [-0.4, -0.2) is 37.3 Å². The van der Waals surface area contributed by atoms with Crippen molar-refractivity contribution < 1.29 is 14.3 Å². The summed E-state index contributed by atoms with van der Waals surface area (Å²) >= 11 is 0. The van der Waals surface area contributed by atoms with E-state index in [0.717, 1.165) is 30.7 Å². The van der Waals surface area contributed by atoms with Gasteiger partial charge in [0.05, 0.1) is 18.8 Å². The average molecular weight is 369 g/mol. The summed E-state index contributed by atoms with van der Waals surface area (Å²) in [5, 5.41) is 6.18. The van der Waals surface area contributed by atoms with E-state index in [0.29, 0.717) is 19.3 Å². The van der Waals surface area contributed by atoms with E-state index in [4.69, 9.17) is 9.47 Å². The molecule has 5 nitrogen and oxygen atoms in total. The summed E-state index contributed by atoms with van der Waals surface area (Å²) in [6, 6.07) is 7.77. The molecule has 2 aliphatic rings. The van der Waals surface area contributed by atoms with Crippen molar-refractivity contribution in [3.63, 3.8) is 0 Å². The number of carbonyl (C=O) groups excluding carboxylic acids is 1. The summed E-state index contributed by atoms with van der Waals surface area (Å²) in [6.07, 6.45) is 6.46. The van der Waals surface area contributed by atoms with E-state index in [9.17, 15) is 4.79 Å². The topological polar surface area (TPSA) is 59.6 Å². The van der Waals surface area contributed by atoms with Crippen LogP contribution >= 0.6 is 12.4 Å². The van der Waals surface area contributed by atoms with Gasteiger partial charge in [-0.3, -0.25) is 4.79 Å². The fourth-order valence-corrected chi connectivity index (χ4v) is 3.39. The van der Waals surface area contributed by atoms with Gasteiger partial charge in [-0.1, -0.05) is 18.6 Å². The van der Waals surface area contributed by atoms with Crippen LogP contribution in [0.25, 0.3) is 0 Å². The summed E-state index contributed by atoms with van der Waals surface area (Å²) in [4.78, 5) is 12.2. The highest BCUT2D eigenvalue weighted by molar-refractivity contribution is 5.85. The minimum absolute atomic E-state index is 0. The molecule has 6 heteroatoms. The van der Waals surface area contributed by atoms with Crippen molar-refractivity contribution in [2.24, 2.45) is 0 Å². The van der Waals surface area contributed by atoms with Gasteiger partial charge in [0.15, 0.2) is 0 Å². The lowest BCUT2D eigenvalue weighted by atomic mass is 9.98. The molecule has 1 aromatic rings. The number of ether oxygens (including phenoxy) is 2. The number of halogens is 1. The van der Waals surface area contributed by atoms with E-state index >= 15 is 0 Å². The van der Waals surface area contributed by atoms with Crippen molar-refractivity contribution in [2.75, 3.05) is 13.2 Å². The van der Waals surface area contributed by atoms with Crippen LogP contribution in [0.4, 0.5) is 0 Å². The van der Waals surface area contributed by atoms with E-state index in [1.165, 1.54) is 19.3 Å². The number of nitrogens with one attached hydrogen (secondary N) is 2. The maximum absolute atomic E-state index is 12.2. The lowest BCUT2D eigenvalue weighted by Gasteiger charge is -2.29. The smallest absolute Gasteiger partial charge is 0.240 e. The highest BCUT2D eigenvalue weighted by atomic mass is 35.5. The molecule has 25 heavy (non-hydrogen) atoms. The van der Waals surface area contributed by atoms with Crippen molar-refractivity contribution in [2.45, 2.75) is 63.8 Å². The van der Waals surface area contributed by atoms with Gasteiger partial charge < -0.3 is 20.1 Å². The average Bonchev–Trinajstić information content (AvgIpc) is 2.62. The van der Waals surface area contributed by atoms with Crippen LogP contribution in [0.5, 0.6) is 5.75 Å². The molecule has 1 aliphatic carbocycles. The highest BCUT2D eigenvalue weighted by Crippen LogP contribution is 2.23. The number of rotatable bonds is 5. The van der Waals surface area contributed by atoms with E-state index in [1.54, 1.807) is 0 Å². The fraction of sp³-hybridized carbons (Fsp3) is 0.632. The molecule has 140 valence electrons. The summed E-state index contributed by atoms with van der Waals surface area (Å²) in [6.45, 7) is 3.82. The van der Waals surface area contributed by atoms with Crippen molar-refractivity contribution in [1.29, 1.82) is 0 Å². The second-order valence-electron chi connectivity index (χ2n) is 6.75. The summed E-state index contributed by atoms with van der Waals surface area (Å²) in [7, 11) is 0. The zero-order chi connectivity index (χ0) is 16.8. The van der Waals surface area contributed by atoms with Crippen LogP contribution in [0, 0.1) is 0 Å². The quantitative estimate of drug-likeness (QED) is 0.839. The van der Waals surface area contributed by atoms with Gasteiger partial charge in [0.1, 0.15) is 11.8 Å². The van der Waals surface area contributed by atoms with Gasteiger partial charge in [-0.15, -0.1) is 12.4 Å². The van der Waals surface area contributed by atoms with Crippen LogP contribution in [-0.2, 0) is 16.1 Å². The zero-order valence-corrected chi connectivity index (χ0v) is 15.6. The number of hydrogen-bond acceptors (Lipinski definition) is 4. The second-order valence-corrected chi connectivity index (χ2v) is 6.75. The van der Waals surface area contributed by atoms with E-state index in [-0.39, 0.29) is 30.5 Å². The third-order valence-electron chi connectivity index (χ3n) is 4.84. The number of carbonyl (C=O) groups is 1. The lowest BCUT2D eigenvalue weighted by molar-refractivity contribution is -0.129. The first-order chi connectivity index (χ1) is 11.7. The maximum Gasteiger partial charge on any atom is 0.240 e. The Bertz CT molecular complexity index is 532. The molecular weight excluding hydrogens is 340 g/mol. The molecule has 2 N–H and O–H groups in total. The van der Waals surface area contributed by atoms with Gasteiger partial charge in [-0.2, -0.15) is 0 Å². The molecule has 1 saturated carbocycles. The maximum atomic E-state index is 12.2. The number of hydrogen-bond donors (Lipinski definition) is 2. The lowest BCUT2D eigenvalue weighted by Crippen LogP contribution is -2.55. The summed E-state index contributed by atoms with van der Waals surface area (Å²) < 4.78 is 11.5. The predicted molar refractivity (Wildman–Crippen MR) is 100 cm³/mol. The standard InChI is InChI=1S/C19H28N2O3.ClH/c1-14-18(20-11-12-23-14)19(22)21-13-15-7-9-17(10-8-15)24-16-5-3-2-4-6-16;/h7-10,14,16,18,20H,2-6,11-13H2,1H3,(H,21,22);1H/t14-,18+;/m1./s1. The molecular formula is C19H29ClN2O3. The largest absolute Gasteiger partial charge is 0.490 e. The molecule has 1 amide bonds. The molecule has 3 rings (SSSR count). The van der Waals surface area contributed by atoms with Gasteiger partial charge >= 0.3 is 0 Å². The van der Waals surface area contributed by atoms with Gasteiger partial charge in [0.2, 0.25) is 5.91 Å². The Balaban J connectivity index is 0.00000225. The fourth-order valence-electron chi connectivity index (χ4n) is 3.39. The zero-order valence-electron chi connectivity index (χ0n) is 14.8. The van der Waals surface area contributed by atoms with Gasteiger partial charge in [-0.25, -0.2) is 0 Å². The Morgan fingerprint density at radius 2 is 1.96 bits per heavy atom. The van der Waals surface area contributed by atoms with Crippen LogP contribution in [0.15, 0.2) is 24.3 Å². The SMILES string of the molecule is C[C@H]1OCCN[C@@H]1C(=O)NCc1ccc(OC2CCCCC2)cc1.Cl. The molecule has 0 spiro atoms. The van der Waals surface area contributed by atoms with E-state index in [2.05, 4.69) is 10.6 Å². The summed E-state index contributed by atoms with van der Waals surface area (Å²) in [5.74, 6) is 0.915. The molecule has 0 radical (unpaired) electrons. The Labute approximate surface area is 156 Å². The molecule has 1 aliphatic heterocycles. The number of morpholine rings is 1. The van der Waals surface area contributed by atoms with E-state index in [1.807, 2.05) is 31.2 Å². The first kappa shape index (κ1) is 20.0. The minimum atomic E-state index is -0.271. The normalized spacial score (nSPS) is 24.2. The highest BCUT2D eigenvalue weighted by Gasteiger charge is 2.27. The van der Waals surface area contributed by atoms with Crippen molar-refractivity contribution in [3.8, 4) is 5.75 Å². The monoisotopic (exact) mass is 368 g/mol. The minimum Gasteiger partial charge on any atom is -0.490 e. The molecule has 2 atom stereocenters. The second kappa shape index (κ2) is 10.00. The Kier molecular flexibility index (Phi) is 8.00. The van der Waals surface area contributed by atoms with Crippen molar-refractivity contribution in [1.82, 2.24) is 10.6 Å². The molecule has 1 aromatic carbocycles. The first-order valence-corrected chi connectivity index (χ1v) is 9.10. The van der Waals surface area contributed by atoms with Gasteiger partial charge in [0, 0.05) is 13.1 Å². The van der Waals surface area contributed by atoms with Crippen LogP contribution in [0.2, 0.25) is 0 Å². The van der Waals surface area contributed by atoms with Crippen molar-refractivity contribution >= 4 is 18.3 Å². The third kappa shape index (κ3) is 5.87. The molecule has 1 saturated heterocycles. The van der Waals surface area contributed by atoms with Crippen molar-refractivity contribution in [3.05, 3.63) is 29.8 Å².